The van der Waals surface area contributed by atoms with Crippen LogP contribution in [0.4, 0.5) is 0 Å². The number of rotatable bonds is 3. The first kappa shape index (κ1) is 11.2. The molecule has 2 N–H and O–H groups in total. The summed E-state index contributed by atoms with van der Waals surface area (Å²) in [6.45, 7) is 8.47. The first-order valence-corrected chi connectivity index (χ1v) is 5.19. The fourth-order valence-corrected chi connectivity index (χ4v) is 1.56. The van der Waals surface area contributed by atoms with E-state index in [4.69, 9.17) is 5.73 Å². The highest BCUT2D eigenvalue weighted by Gasteiger charge is 2.27. The Morgan fingerprint density at radius 1 is 1.50 bits per heavy atom. The molecule has 14 heavy (non-hydrogen) atoms. The molecular formula is C12H20N2. The van der Waals surface area contributed by atoms with E-state index in [0.717, 1.165) is 12.0 Å². The molecule has 0 radical (unpaired) electrons. The number of pyridine rings is 1. The highest BCUT2D eigenvalue weighted by Crippen LogP contribution is 2.28. The van der Waals surface area contributed by atoms with Crippen LogP contribution in [-0.2, 0) is 5.54 Å². The Balaban J connectivity index is 3.03. The van der Waals surface area contributed by atoms with Gasteiger partial charge < -0.3 is 5.73 Å². The lowest BCUT2D eigenvalue weighted by atomic mass is 9.80. The van der Waals surface area contributed by atoms with Crippen molar-refractivity contribution in [2.45, 2.75) is 39.7 Å². The molecule has 0 aliphatic carbocycles. The first-order valence-electron chi connectivity index (χ1n) is 5.19. The minimum absolute atomic E-state index is 0.270. The maximum absolute atomic E-state index is 6.32. The maximum atomic E-state index is 6.32. The van der Waals surface area contributed by atoms with Gasteiger partial charge in [0, 0.05) is 17.9 Å². The quantitative estimate of drug-likeness (QED) is 0.799. The van der Waals surface area contributed by atoms with Gasteiger partial charge in [-0.15, -0.1) is 0 Å². The molecule has 2 nitrogen and oxygen atoms in total. The van der Waals surface area contributed by atoms with Crippen LogP contribution >= 0.6 is 0 Å². The predicted molar refractivity (Wildman–Crippen MR) is 60.0 cm³/mol. The topological polar surface area (TPSA) is 38.9 Å². The Labute approximate surface area is 86.5 Å². The minimum atomic E-state index is -0.270. The number of aromatic nitrogens is 1. The minimum Gasteiger partial charge on any atom is -0.321 e. The van der Waals surface area contributed by atoms with E-state index in [9.17, 15) is 0 Å². The molecule has 2 unspecified atom stereocenters. The lowest BCUT2D eigenvalue weighted by Crippen LogP contribution is -2.39. The van der Waals surface area contributed by atoms with Crippen LogP contribution in [-0.4, -0.2) is 4.98 Å². The average Bonchev–Trinajstić information content (AvgIpc) is 2.16. The molecule has 0 fully saturated rings. The van der Waals surface area contributed by atoms with Crippen LogP contribution in [0.15, 0.2) is 18.5 Å². The summed E-state index contributed by atoms with van der Waals surface area (Å²) < 4.78 is 0. The SMILES string of the molecule is CCC(C)C(C)(N)c1cncc(C)c1. The lowest BCUT2D eigenvalue weighted by molar-refractivity contribution is 0.315. The predicted octanol–water partition coefficient (Wildman–Crippen LogP) is 2.61. The van der Waals surface area contributed by atoms with Gasteiger partial charge in [-0.1, -0.05) is 26.3 Å². The van der Waals surface area contributed by atoms with E-state index in [1.54, 1.807) is 0 Å². The molecule has 0 saturated carbocycles. The Morgan fingerprint density at radius 3 is 2.64 bits per heavy atom. The molecule has 0 spiro atoms. The van der Waals surface area contributed by atoms with Gasteiger partial charge in [-0.3, -0.25) is 4.98 Å². The average molecular weight is 192 g/mol. The van der Waals surface area contributed by atoms with Crippen LogP contribution in [0.1, 0.15) is 38.3 Å². The Hall–Kier alpha value is -0.890. The molecule has 0 amide bonds. The van der Waals surface area contributed by atoms with Gasteiger partial charge in [0.1, 0.15) is 0 Å². The zero-order chi connectivity index (χ0) is 10.8. The van der Waals surface area contributed by atoms with E-state index in [2.05, 4.69) is 31.8 Å². The number of hydrogen-bond donors (Lipinski definition) is 1. The van der Waals surface area contributed by atoms with Crippen molar-refractivity contribution < 1.29 is 0 Å². The number of hydrogen-bond acceptors (Lipinski definition) is 2. The summed E-state index contributed by atoms with van der Waals surface area (Å²) in [4.78, 5) is 4.19. The molecule has 0 aliphatic heterocycles. The largest absolute Gasteiger partial charge is 0.321 e. The fourth-order valence-electron chi connectivity index (χ4n) is 1.56. The molecule has 1 aromatic heterocycles. The molecule has 1 heterocycles. The number of nitrogens with zero attached hydrogens (tertiary/aromatic N) is 1. The van der Waals surface area contributed by atoms with Gasteiger partial charge >= 0.3 is 0 Å². The summed E-state index contributed by atoms with van der Waals surface area (Å²) >= 11 is 0. The molecule has 0 saturated heterocycles. The molecule has 1 aromatic rings. The van der Waals surface area contributed by atoms with Crippen molar-refractivity contribution in [3.8, 4) is 0 Å². The van der Waals surface area contributed by atoms with Crippen LogP contribution in [0.25, 0.3) is 0 Å². The van der Waals surface area contributed by atoms with E-state index >= 15 is 0 Å². The molecule has 78 valence electrons. The van der Waals surface area contributed by atoms with Crippen LogP contribution in [0.2, 0.25) is 0 Å². The number of nitrogens with two attached hydrogens (primary N) is 1. The van der Waals surface area contributed by atoms with Crippen LogP contribution in [0.3, 0.4) is 0 Å². The molecule has 2 atom stereocenters. The summed E-state index contributed by atoms with van der Waals surface area (Å²) in [6.07, 6.45) is 4.82. The van der Waals surface area contributed by atoms with Gasteiger partial charge in [-0.25, -0.2) is 0 Å². The normalized spacial score (nSPS) is 17.5. The van der Waals surface area contributed by atoms with Gasteiger partial charge in [0.2, 0.25) is 0 Å². The monoisotopic (exact) mass is 192 g/mol. The highest BCUT2D eigenvalue weighted by molar-refractivity contribution is 5.24. The Bertz CT molecular complexity index is 305. The third kappa shape index (κ3) is 2.13. The summed E-state index contributed by atoms with van der Waals surface area (Å²) in [6, 6.07) is 2.12. The van der Waals surface area contributed by atoms with E-state index < -0.39 is 0 Å². The van der Waals surface area contributed by atoms with Crippen molar-refractivity contribution in [2.75, 3.05) is 0 Å². The summed E-state index contributed by atoms with van der Waals surface area (Å²) in [5.74, 6) is 0.464. The maximum Gasteiger partial charge on any atom is 0.0422 e. The van der Waals surface area contributed by atoms with Gasteiger partial charge in [0.05, 0.1) is 0 Å². The fraction of sp³-hybridized carbons (Fsp3) is 0.583. The Morgan fingerprint density at radius 2 is 2.14 bits per heavy atom. The molecular weight excluding hydrogens is 172 g/mol. The molecule has 2 heteroatoms. The van der Waals surface area contributed by atoms with Gasteiger partial charge in [0.15, 0.2) is 0 Å². The van der Waals surface area contributed by atoms with E-state index in [1.807, 2.05) is 19.3 Å². The zero-order valence-electron chi connectivity index (χ0n) is 9.54. The van der Waals surface area contributed by atoms with Crippen LogP contribution in [0.5, 0.6) is 0 Å². The van der Waals surface area contributed by atoms with E-state index in [-0.39, 0.29) is 5.54 Å². The van der Waals surface area contributed by atoms with Crippen molar-refractivity contribution in [3.05, 3.63) is 29.6 Å². The van der Waals surface area contributed by atoms with Crippen molar-refractivity contribution in [2.24, 2.45) is 11.7 Å². The lowest BCUT2D eigenvalue weighted by Gasteiger charge is -2.31. The summed E-state index contributed by atoms with van der Waals surface area (Å²) in [5.41, 5.74) is 8.35. The van der Waals surface area contributed by atoms with Crippen LogP contribution in [0, 0.1) is 12.8 Å². The summed E-state index contributed by atoms with van der Waals surface area (Å²) in [5, 5.41) is 0. The third-order valence-corrected chi connectivity index (χ3v) is 3.13. The van der Waals surface area contributed by atoms with Crippen LogP contribution < -0.4 is 5.73 Å². The third-order valence-electron chi connectivity index (χ3n) is 3.13. The highest BCUT2D eigenvalue weighted by atomic mass is 14.8. The smallest absolute Gasteiger partial charge is 0.0422 e. The standard InChI is InChI=1S/C12H20N2/c1-5-10(3)12(4,13)11-6-9(2)7-14-8-11/h6-8,10H,5,13H2,1-4H3. The summed E-state index contributed by atoms with van der Waals surface area (Å²) in [7, 11) is 0. The van der Waals surface area contributed by atoms with Gasteiger partial charge in [-0.2, -0.15) is 0 Å². The van der Waals surface area contributed by atoms with Crippen molar-refractivity contribution >= 4 is 0 Å². The number of aryl methyl sites for hydroxylation is 1. The van der Waals surface area contributed by atoms with Crippen molar-refractivity contribution in [3.63, 3.8) is 0 Å². The van der Waals surface area contributed by atoms with Crippen molar-refractivity contribution in [1.82, 2.24) is 4.98 Å². The molecule has 0 aliphatic rings. The van der Waals surface area contributed by atoms with Crippen molar-refractivity contribution in [1.29, 1.82) is 0 Å². The first-order chi connectivity index (χ1) is 6.48. The second-order valence-electron chi connectivity index (χ2n) is 4.34. The zero-order valence-corrected chi connectivity index (χ0v) is 9.54. The molecule has 0 bridgehead atoms. The molecule has 1 rings (SSSR count). The second kappa shape index (κ2) is 4.09. The Kier molecular flexibility index (Phi) is 3.27. The van der Waals surface area contributed by atoms with Gasteiger partial charge in [0.25, 0.3) is 0 Å². The second-order valence-corrected chi connectivity index (χ2v) is 4.34. The molecule has 0 aromatic carbocycles. The van der Waals surface area contributed by atoms with Gasteiger partial charge in [-0.05, 0) is 30.9 Å². The van der Waals surface area contributed by atoms with E-state index in [0.29, 0.717) is 5.92 Å². The van der Waals surface area contributed by atoms with E-state index in [1.165, 1.54) is 5.56 Å².